The molecule has 0 bridgehead atoms. The summed E-state index contributed by atoms with van der Waals surface area (Å²) < 4.78 is 18.5. The van der Waals surface area contributed by atoms with Crippen molar-refractivity contribution in [2.24, 2.45) is 0 Å². The molecule has 1 aromatic carbocycles. The Bertz CT molecular complexity index is 1350. The smallest absolute Gasteiger partial charge is 0.231 e. The number of carbonyl (C=O) groups is 1. The van der Waals surface area contributed by atoms with E-state index in [4.69, 9.17) is 24.6 Å². The zero-order valence-electron chi connectivity index (χ0n) is 17.4. The van der Waals surface area contributed by atoms with Gasteiger partial charge >= 0.3 is 0 Å². The number of aryl methyl sites for hydroxylation is 1. The maximum absolute atomic E-state index is 12.3. The fraction of sp³-hybridized carbons (Fsp3) is 0.286. The van der Waals surface area contributed by atoms with Gasteiger partial charge in [0.25, 0.3) is 0 Å². The van der Waals surface area contributed by atoms with Crippen molar-refractivity contribution >= 4 is 34.7 Å². The highest BCUT2D eigenvalue weighted by Crippen LogP contribution is 2.44. The Morgan fingerprint density at radius 3 is 2.85 bits per heavy atom. The summed E-state index contributed by atoms with van der Waals surface area (Å²) in [5, 5.41) is 3.63. The zero-order valence-corrected chi connectivity index (χ0v) is 18.2. The molecule has 4 heterocycles. The van der Waals surface area contributed by atoms with E-state index in [1.807, 2.05) is 16.7 Å². The zero-order chi connectivity index (χ0) is 22.4. The van der Waals surface area contributed by atoms with E-state index in [1.54, 1.807) is 6.20 Å². The van der Waals surface area contributed by atoms with Crippen LogP contribution in [0.25, 0.3) is 22.6 Å². The van der Waals surface area contributed by atoms with E-state index in [0.717, 1.165) is 23.3 Å². The first-order valence-corrected chi connectivity index (χ1v) is 11.2. The molecule has 1 aliphatic heterocycles. The molecule has 1 amide bonds. The van der Waals surface area contributed by atoms with Crippen molar-refractivity contribution in [3.63, 3.8) is 0 Å². The van der Waals surface area contributed by atoms with Crippen LogP contribution in [0.4, 0.5) is 5.82 Å². The highest BCUT2D eigenvalue weighted by molar-refractivity contribution is 7.99. The highest BCUT2D eigenvalue weighted by Gasteiger charge is 2.25. The molecule has 0 unspecified atom stereocenters. The molecule has 3 aromatic heterocycles. The van der Waals surface area contributed by atoms with E-state index in [1.165, 1.54) is 24.4 Å². The van der Waals surface area contributed by atoms with Crippen LogP contribution < -0.4 is 20.5 Å². The number of carbonyl (C=O) groups excluding carboxylic acids is 1. The quantitative estimate of drug-likeness (QED) is 0.418. The van der Waals surface area contributed by atoms with E-state index in [0.29, 0.717) is 52.7 Å². The molecule has 4 aromatic rings. The molecule has 0 saturated heterocycles. The Morgan fingerprint density at radius 2 is 2.06 bits per heavy atom. The highest BCUT2D eigenvalue weighted by atomic mass is 32.2. The standard InChI is InChI=1S/C21H19N7O4S/c22-18-17-19(25-9-24-18)28(5-3-16(29)26-11-1-2-11)21(27-17)33-15-8-14-13(31-10-32-14)7-12(15)20-23-4-6-30-20/h4,6-9,11H,1-3,5,10H2,(H,26,29)(H2,22,24,25). The van der Waals surface area contributed by atoms with Crippen molar-refractivity contribution in [1.29, 1.82) is 0 Å². The Labute approximate surface area is 191 Å². The molecular formula is C21H19N7O4S. The molecule has 2 aliphatic rings. The number of nitrogen functional groups attached to an aromatic ring is 1. The molecule has 1 aliphatic carbocycles. The van der Waals surface area contributed by atoms with Gasteiger partial charge in [-0.1, -0.05) is 11.8 Å². The minimum absolute atomic E-state index is 0.000817. The van der Waals surface area contributed by atoms with Crippen LogP contribution in [0.1, 0.15) is 19.3 Å². The number of aromatic nitrogens is 5. The van der Waals surface area contributed by atoms with E-state index >= 15 is 0 Å². The number of nitrogens with one attached hydrogen (secondary N) is 1. The van der Waals surface area contributed by atoms with Crippen LogP contribution in [0.3, 0.4) is 0 Å². The van der Waals surface area contributed by atoms with Crippen LogP contribution in [0.2, 0.25) is 0 Å². The lowest BCUT2D eigenvalue weighted by Crippen LogP contribution is -2.26. The lowest BCUT2D eigenvalue weighted by Gasteiger charge is -2.11. The Morgan fingerprint density at radius 1 is 1.21 bits per heavy atom. The number of benzene rings is 1. The number of oxazole rings is 1. The summed E-state index contributed by atoms with van der Waals surface area (Å²) in [5.41, 5.74) is 7.86. The first-order chi connectivity index (χ1) is 16.2. The third-order valence-electron chi connectivity index (χ3n) is 5.37. The summed E-state index contributed by atoms with van der Waals surface area (Å²) in [6.07, 6.45) is 6.87. The Hall–Kier alpha value is -3.80. The molecule has 168 valence electrons. The third-order valence-corrected chi connectivity index (χ3v) is 6.42. The van der Waals surface area contributed by atoms with Gasteiger partial charge in [0.15, 0.2) is 33.6 Å². The molecule has 33 heavy (non-hydrogen) atoms. The largest absolute Gasteiger partial charge is 0.454 e. The number of fused-ring (bicyclic) bond motifs is 2. The number of anilines is 1. The molecule has 11 nitrogen and oxygen atoms in total. The normalized spacial score (nSPS) is 14.7. The molecule has 0 atom stereocenters. The Kier molecular flexibility index (Phi) is 4.79. The van der Waals surface area contributed by atoms with Crippen molar-refractivity contribution in [2.75, 3.05) is 12.5 Å². The summed E-state index contributed by atoms with van der Waals surface area (Å²) in [6.45, 7) is 0.544. The minimum atomic E-state index is 0.000817. The second-order valence-corrected chi connectivity index (χ2v) is 8.72. The SMILES string of the molecule is Nc1ncnc2c1nc(Sc1cc3c(cc1-c1ncco1)OCO3)n2CCC(=O)NC1CC1. The summed E-state index contributed by atoms with van der Waals surface area (Å²) in [5.74, 6) is 1.97. The molecular weight excluding hydrogens is 446 g/mol. The van der Waals surface area contributed by atoms with Gasteiger partial charge in [0.1, 0.15) is 12.6 Å². The average Bonchev–Trinajstić information content (AvgIpc) is 3.20. The molecule has 0 spiro atoms. The van der Waals surface area contributed by atoms with Gasteiger partial charge in [-0.3, -0.25) is 4.79 Å². The summed E-state index contributed by atoms with van der Waals surface area (Å²) in [7, 11) is 0. The molecule has 6 rings (SSSR count). The number of ether oxygens (including phenoxy) is 2. The number of amides is 1. The summed E-state index contributed by atoms with van der Waals surface area (Å²) in [6, 6.07) is 4.01. The van der Waals surface area contributed by atoms with Crippen LogP contribution in [-0.4, -0.2) is 43.2 Å². The van der Waals surface area contributed by atoms with Gasteiger partial charge in [0, 0.05) is 23.9 Å². The van der Waals surface area contributed by atoms with Crippen LogP contribution in [0.15, 0.2) is 45.4 Å². The molecule has 12 heteroatoms. The van der Waals surface area contributed by atoms with Gasteiger partial charge in [-0.2, -0.15) is 0 Å². The lowest BCUT2D eigenvalue weighted by molar-refractivity contribution is -0.121. The van der Waals surface area contributed by atoms with Crippen LogP contribution in [0, 0.1) is 0 Å². The third kappa shape index (κ3) is 3.82. The maximum Gasteiger partial charge on any atom is 0.231 e. The fourth-order valence-corrected chi connectivity index (χ4v) is 4.63. The molecule has 3 N–H and O–H groups in total. The van der Waals surface area contributed by atoms with E-state index < -0.39 is 0 Å². The fourth-order valence-electron chi connectivity index (χ4n) is 3.58. The van der Waals surface area contributed by atoms with Crippen molar-refractivity contribution in [1.82, 2.24) is 29.8 Å². The maximum atomic E-state index is 12.3. The predicted molar refractivity (Wildman–Crippen MR) is 118 cm³/mol. The first kappa shape index (κ1) is 19.9. The van der Waals surface area contributed by atoms with Crippen molar-refractivity contribution in [3.8, 4) is 23.0 Å². The van der Waals surface area contributed by atoms with Gasteiger partial charge in [0.2, 0.25) is 18.6 Å². The topological polar surface area (TPSA) is 143 Å². The molecule has 1 saturated carbocycles. The summed E-state index contributed by atoms with van der Waals surface area (Å²) >= 11 is 1.38. The second kappa shape index (κ2) is 7.96. The van der Waals surface area contributed by atoms with Crippen molar-refractivity contribution in [3.05, 3.63) is 30.9 Å². The molecule has 1 fully saturated rings. The van der Waals surface area contributed by atoms with Crippen molar-refractivity contribution < 1.29 is 18.7 Å². The van der Waals surface area contributed by atoms with Gasteiger partial charge < -0.3 is 29.5 Å². The summed E-state index contributed by atoms with van der Waals surface area (Å²) in [4.78, 5) is 30.6. The monoisotopic (exact) mass is 465 g/mol. The Balaban J connectivity index is 1.39. The number of hydrogen-bond acceptors (Lipinski definition) is 10. The van der Waals surface area contributed by atoms with E-state index in [-0.39, 0.29) is 18.5 Å². The second-order valence-electron chi connectivity index (χ2n) is 7.71. The number of rotatable bonds is 7. The average molecular weight is 465 g/mol. The number of nitrogens with zero attached hydrogens (tertiary/aromatic N) is 5. The van der Waals surface area contributed by atoms with Crippen LogP contribution >= 0.6 is 11.8 Å². The molecule has 0 radical (unpaired) electrons. The first-order valence-electron chi connectivity index (χ1n) is 10.4. The van der Waals surface area contributed by atoms with E-state index in [9.17, 15) is 4.79 Å². The minimum Gasteiger partial charge on any atom is -0.454 e. The lowest BCUT2D eigenvalue weighted by atomic mass is 10.2. The van der Waals surface area contributed by atoms with Crippen LogP contribution in [-0.2, 0) is 11.3 Å². The number of imidazole rings is 1. The van der Waals surface area contributed by atoms with Gasteiger partial charge in [0.05, 0.1) is 11.8 Å². The number of hydrogen-bond donors (Lipinski definition) is 2. The van der Waals surface area contributed by atoms with Gasteiger partial charge in [-0.15, -0.1) is 0 Å². The number of nitrogens with two attached hydrogens (primary N) is 1. The van der Waals surface area contributed by atoms with Crippen molar-refractivity contribution in [2.45, 2.75) is 41.9 Å². The van der Waals surface area contributed by atoms with Crippen LogP contribution in [0.5, 0.6) is 11.5 Å². The van der Waals surface area contributed by atoms with Gasteiger partial charge in [-0.05, 0) is 25.0 Å². The van der Waals surface area contributed by atoms with Gasteiger partial charge in [-0.25, -0.2) is 19.9 Å². The predicted octanol–water partition coefficient (Wildman–Crippen LogP) is 2.61. The van der Waals surface area contributed by atoms with E-state index in [2.05, 4.69) is 20.3 Å².